The predicted octanol–water partition coefficient (Wildman–Crippen LogP) is 1.45. The topological polar surface area (TPSA) is 101 Å². The molecule has 1 aromatic carbocycles. The molecule has 110 valence electrons. The van der Waals surface area contributed by atoms with Gasteiger partial charge in [0.15, 0.2) is 9.84 Å². The first-order valence-corrected chi connectivity index (χ1v) is 8.24. The van der Waals surface area contributed by atoms with Crippen LogP contribution in [-0.4, -0.2) is 37.7 Å². The lowest BCUT2D eigenvalue weighted by Crippen LogP contribution is -2.25. The van der Waals surface area contributed by atoms with Gasteiger partial charge < -0.3 is 10.4 Å². The molecule has 0 aromatic heterocycles. The van der Waals surface area contributed by atoms with Gasteiger partial charge in [-0.05, 0) is 41.1 Å². The van der Waals surface area contributed by atoms with E-state index in [1.807, 2.05) is 0 Å². The highest BCUT2D eigenvalue weighted by Crippen LogP contribution is 2.24. The molecule has 0 heterocycles. The molecule has 1 rings (SSSR count). The van der Waals surface area contributed by atoms with E-state index < -0.39 is 15.8 Å². The number of carboxylic acid groups (broad SMARTS) is 1. The number of sulfone groups is 1. The van der Waals surface area contributed by atoms with E-state index in [-0.39, 0.29) is 33.0 Å². The Balaban J connectivity index is 3.00. The molecule has 0 aliphatic heterocycles. The number of nitrogens with one attached hydrogen (secondary N) is 1. The molecule has 0 bridgehead atoms. The Morgan fingerprint density at radius 2 is 2.00 bits per heavy atom. The summed E-state index contributed by atoms with van der Waals surface area (Å²) in [7, 11) is -3.73. The minimum Gasteiger partial charge on any atom is -0.478 e. The zero-order valence-electron chi connectivity index (χ0n) is 10.7. The maximum absolute atomic E-state index is 12.1. The van der Waals surface area contributed by atoms with Gasteiger partial charge in [-0.15, -0.1) is 0 Å². The van der Waals surface area contributed by atoms with Gasteiger partial charge in [0.1, 0.15) is 0 Å². The fraction of sp³-hybridized carbons (Fsp3) is 0.333. The molecule has 6 nitrogen and oxygen atoms in total. The average Bonchev–Trinajstić information content (AvgIpc) is 2.37. The highest BCUT2D eigenvalue weighted by Gasteiger charge is 2.21. The van der Waals surface area contributed by atoms with Gasteiger partial charge in [-0.2, -0.15) is 0 Å². The molecule has 0 saturated carbocycles. The first-order chi connectivity index (χ1) is 9.27. The molecular weight excluding hydrogens is 350 g/mol. The van der Waals surface area contributed by atoms with E-state index in [9.17, 15) is 18.0 Å². The molecule has 8 heteroatoms. The van der Waals surface area contributed by atoms with Gasteiger partial charge in [0.25, 0.3) is 0 Å². The number of aromatic carboxylic acids is 1. The summed E-state index contributed by atoms with van der Waals surface area (Å²) < 4.78 is 24.5. The van der Waals surface area contributed by atoms with Crippen LogP contribution in [0.3, 0.4) is 0 Å². The number of rotatable bonds is 6. The molecule has 0 radical (unpaired) electrons. The molecule has 0 aliphatic carbocycles. The summed E-state index contributed by atoms with van der Waals surface area (Å²) >= 11 is 3.08. The number of hydrogen-bond acceptors (Lipinski definition) is 4. The lowest BCUT2D eigenvalue weighted by atomic mass is 10.2. The monoisotopic (exact) mass is 363 g/mol. The molecule has 20 heavy (non-hydrogen) atoms. The van der Waals surface area contributed by atoms with Gasteiger partial charge >= 0.3 is 5.97 Å². The van der Waals surface area contributed by atoms with Crippen LogP contribution in [0.15, 0.2) is 27.6 Å². The molecule has 0 fully saturated rings. The van der Waals surface area contributed by atoms with E-state index in [2.05, 4.69) is 21.2 Å². The Labute approximate surface area is 125 Å². The van der Waals surface area contributed by atoms with Gasteiger partial charge in [0, 0.05) is 17.4 Å². The van der Waals surface area contributed by atoms with E-state index in [1.54, 1.807) is 6.92 Å². The Kier molecular flexibility index (Phi) is 5.70. The summed E-state index contributed by atoms with van der Waals surface area (Å²) in [6.45, 7) is 2.16. The predicted molar refractivity (Wildman–Crippen MR) is 76.5 cm³/mol. The first kappa shape index (κ1) is 16.6. The third-order valence-electron chi connectivity index (χ3n) is 2.49. The fourth-order valence-corrected chi connectivity index (χ4v) is 3.83. The van der Waals surface area contributed by atoms with Crippen LogP contribution >= 0.6 is 15.9 Å². The van der Waals surface area contributed by atoms with Crippen LogP contribution in [0.2, 0.25) is 0 Å². The molecule has 2 N–H and O–H groups in total. The number of benzene rings is 1. The average molecular weight is 364 g/mol. The normalized spacial score (nSPS) is 11.1. The van der Waals surface area contributed by atoms with Crippen molar-refractivity contribution in [3.8, 4) is 0 Å². The van der Waals surface area contributed by atoms with E-state index in [1.165, 1.54) is 12.1 Å². The zero-order valence-corrected chi connectivity index (χ0v) is 13.1. The minimum absolute atomic E-state index is 0.121. The smallest absolute Gasteiger partial charge is 0.335 e. The lowest BCUT2D eigenvalue weighted by molar-refractivity contribution is -0.120. The van der Waals surface area contributed by atoms with E-state index in [0.29, 0.717) is 6.54 Å². The number of carbonyl (C=O) groups is 2. The molecule has 1 amide bonds. The maximum atomic E-state index is 12.1. The van der Waals surface area contributed by atoms with Crippen LogP contribution in [-0.2, 0) is 14.6 Å². The fourth-order valence-electron chi connectivity index (χ4n) is 1.50. The molecule has 0 saturated heterocycles. The summed E-state index contributed by atoms with van der Waals surface area (Å²) in [5.74, 6) is -1.94. The van der Waals surface area contributed by atoms with Crippen molar-refractivity contribution in [2.75, 3.05) is 12.3 Å². The van der Waals surface area contributed by atoms with Crippen molar-refractivity contribution in [2.45, 2.75) is 18.2 Å². The number of halogens is 1. The Bertz CT molecular complexity index is 627. The summed E-state index contributed by atoms with van der Waals surface area (Å²) in [5, 5.41) is 11.4. The van der Waals surface area contributed by atoms with Crippen molar-refractivity contribution >= 4 is 37.6 Å². The van der Waals surface area contributed by atoms with Crippen LogP contribution in [0.4, 0.5) is 0 Å². The maximum Gasteiger partial charge on any atom is 0.335 e. The zero-order chi connectivity index (χ0) is 15.3. The second-order valence-electron chi connectivity index (χ2n) is 3.97. The van der Waals surface area contributed by atoms with Crippen molar-refractivity contribution < 1.29 is 23.1 Å². The van der Waals surface area contributed by atoms with Gasteiger partial charge in [-0.25, -0.2) is 13.2 Å². The number of hydrogen-bond donors (Lipinski definition) is 2. The Morgan fingerprint density at radius 1 is 1.35 bits per heavy atom. The SMILES string of the molecule is CCNC(=O)CCS(=O)(=O)c1cc(C(=O)O)ccc1Br. The van der Waals surface area contributed by atoms with Crippen LogP contribution in [0.25, 0.3) is 0 Å². The number of carbonyl (C=O) groups excluding carboxylic acids is 1. The largest absolute Gasteiger partial charge is 0.478 e. The standard InChI is InChI=1S/C12H14BrNO5S/c1-2-14-11(15)5-6-20(18,19)10-7-8(12(16)17)3-4-9(10)13/h3-4,7H,2,5-6H2,1H3,(H,14,15)(H,16,17). The van der Waals surface area contributed by atoms with Crippen molar-refractivity contribution in [1.82, 2.24) is 5.32 Å². The number of amides is 1. The van der Waals surface area contributed by atoms with Crippen LogP contribution in [0, 0.1) is 0 Å². The Hall–Kier alpha value is -1.41. The summed E-state index contributed by atoms with van der Waals surface area (Å²) in [6.07, 6.45) is -0.167. The van der Waals surface area contributed by atoms with Crippen molar-refractivity contribution in [1.29, 1.82) is 0 Å². The van der Waals surface area contributed by atoms with Gasteiger partial charge in [0.05, 0.1) is 16.2 Å². The third-order valence-corrected chi connectivity index (χ3v) is 5.19. The van der Waals surface area contributed by atoms with E-state index >= 15 is 0 Å². The van der Waals surface area contributed by atoms with Crippen LogP contribution < -0.4 is 5.32 Å². The van der Waals surface area contributed by atoms with Crippen molar-refractivity contribution in [3.63, 3.8) is 0 Å². The van der Waals surface area contributed by atoms with Gasteiger partial charge in [0.2, 0.25) is 5.91 Å². The quantitative estimate of drug-likeness (QED) is 0.796. The van der Waals surface area contributed by atoms with Gasteiger partial charge in [-0.1, -0.05) is 0 Å². The molecule has 0 unspecified atom stereocenters. The molecule has 1 aromatic rings. The van der Waals surface area contributed by atoms with E-state index in [4.69, 9.17) is 5.11 Å². The van der Waals surface area contributed by atoms with Crippen LogP contribution in [0.5, 0.6) is 0 Å². The van der Waals surface area contributed by atoms with Gasteiger partial charge in [-0.3, -0.25) is 4.79 Å². The Morgan fingerprint density at radius 3 is 2.55 bits per heavy atom. The molecule has 0 aliphatic rings. The second-order valence-corrected chi connectivity index (χ2v) is 6.90. The molecule has 0 atom stereocenters. The van der Waals surface area contributed by atoms with Crippen LogP contribution in [0.1, 0.15) is 23.7 Å². The third kappa shape index (κ3) is 4.31. The minimum atomic E-state index is -3.73. The van der Waals surface area contributed by atoms with E-state index in [0.717, 1.165) is 6.07 Å². The highest BCUT2D eigenvalue weighted by atomic mass is 79.9. The second kappa shape index (κ2) is 6.85. The molecular formula is C12H14BrNO5S. The summed E-state index contributed by atoms with van der Waals surface area (Å²) in [6, 6.07) is 3.75. The number of carboxylic acids is 1. The molecule has 0 spiro atoms. The summed E-state index contributed by atoms with van der Waals surface area (Å²) in [4.78, 5) is 22.0. The van der Waals surface area contributed by atoms with Crippen molar-refractivity contribution in [2.24, 2.45) is 0 Å². The van der Waals surface area contributed by atoms with Crippen molar-refractivity contribution in [3.05, 3.63) is 28.2 Å². The lowest BCUT2D eigenvalue weighted by Gasteiger charge is -2.08. The first-order valence-electron chi connectivity index (χ1n) is 5.80. The summed E-state index contributed by atoms with van der Waals surface area (Å²) in [5.41, 5.74) is -0.121. The highest BCUT2D eigenvalue weighted by molar-refractivity contribution is 9.10.